The van der Waals surface area contributed by atoms with Gasteiger partial charge in [0.05, 0.1) is 4.87 Å². The van der Waals surface area contributed by atoms with E-state index in [0.717, 1.165) is 6.42 Å². The van der Waals surface area contributed by atoms with Crippen molar-refractivity contribution in [3.8, 4) is 0 Å². The van der Waals surface area contributed by atoms with E-state index in [2.05, 4.69) is 0 Å². The Balaban J connectivity index is 2.10. The summed E-state index contributed by atoms with van der Waals surface area (Å²) in [6, 6.07) is 10.0. The number of rotatable bonds is 2. The van der Waals surface area contributed by atoms with Crippen LogP contribution < -0.4 is 0 Å². The van der Waals surface area contributed by atoms with Crippen molar-refractivity contribution in [2.24, 2.45) is 0 Å². The SMILES string of the molecule is FC1=CCC(Cl)(Cc2ccccc2)C=C1. The largest absolute Gasteiger partial charge is 0.207 e. The average Bonchev–Trinajstić information content (AvgIpc) is 2.24. The second kappa shape index (κ2) is 4.19. The molecule has 1 aromatic rings. The molecule has 0 bridgehead atoms. The van der Waals surface area contributed by atoms with Crippen LogP contribution in [-0.4, -0.2) is 4.87 Å². The van der Waals surface area contributed by atoms with Gasteiger partial charge < -0.3 is 0 Å². The number of hydrogen-bond acceptors (Lipinski definition) is 0. The Morgan fingerprint density at radius 1 is 1.27 bits per heavy atom. The lowest BCUT2D eigenvalue weighted by Crippen LogP contribution is -2.22. The fourth-order valence-corrected chi connectivity index (χ4v) is 1.99. The van der Waals surface area contributed by atoms with Gasteiger partial charge >= 0.3 is 0 Å². The molecule has 0 N–H and O–H groups in total. The molecule has 2 rings (SSSR count). The van der Waals surface area contributed by atoms with Crippen LogP contribution in [0.15, 0.2) is 54.4 Å². The van der Waals surface area contributed by atoms with E-state index in [1.165, 1.54) is 17.7 Å². The highest BCUT2D eigenvalue weighted by atomic mass is 35.5. The average molecular weight is 223 g/mol. The summed E-state index contributed by atoms with van der Waals surface area (Å²) in [6.07, 6.45) is 6.01. The topological polar surface area (TPSA) is 0 Å². The van der Waals surface area contributed by atoms with Gasteiger partial charge in [-0.15, -0.1) is 11.6 Å². The van der Waals surface area contributed by atoms with Gasteiger partial charge in [-0.3, -0.25) is 0 Å². The molecule has 1 aliphatic carbocycles. The second-order valence-corrected chi connectivity index (χ2v) is 4.58. The van der Waals surface area contributed by atoms with Gasteiger partial charge in [-0.05, 0) is 30.6 Å². The van der Waals surface area contributed by atoms with Gasteiger partial charge in [-0.1, -0.05) is 36.4 Å². The van der Waals surface area contributed by atoms with Crippen LogP contribution in [0.1, 0.15) is 12.0 Å². The third-order valence-electron chi connectivity index (χ3n) is 2.52. The normalized spacial score (nSPS) is 25.1. The molecule has 2 heteroatoms. The second-order valence-electron chi connectivity index (χ2n) is 3.82. The highest BCUT2D eigenvalue weighted by molar-refractivity contribution is 6.25. The van der Waals surface area contributed by atoms with Crippen molar-refractivity contribution in [3.05, 3.63) is 60.0 Å². The van der Waals surface area contributed by atoms with Crippen LogP contribution in [0.2, 0.25) is 0 Å². The molecule has 1 unspecified atom stereocenters. The lowest BCUT2D eigenvalue weighted by atomic mass is 9.92. The number of allylic oxidation sites excluding steroid dienone is 4. The zero-order valence-electron chi connectivity index (χ0n) is 8.29. The van der Waals surface area contributed by atoms with Crippen LogP contribution in [0.25, 0.3) is 0 Å². The van der Waals surface area contributed by atoms with Crippen molar-refractivity contribution in [2.75, 3.05) is 0 Å². The minimum atomic E-state index is -0.461. The molecule has 1 atom stereocenters. The first-order valence-electron chi connectivity index (χ1n) is 4.96. The summed E-state index contributed by atoms with van der Waals surface area (Å²) in [5.41, 5.74) is 1.17. The zero-order valence-corrected chi connectivity index (χ0v) is 9.04. The Hall–Kier alpha value is -1.08. The predicted octanol–water partition coefficient (Wildman–Crippen LogP) is 4.02. The van der Waals surface area contributed by atoms with Crippen LogP contribution in [-0.2, 0) is 6.42 Å². The first-order valence-corrected chi connectivity index (χ1v) is 5.33. The lowest BCUT2D eigenvalue weighted by Gasteiger charge is -2.24. The molecule has 0 heterocycles. The van der Waals surface area contributed by atoms with Crippen LogP contribution in [0.5, 0.6) is 0 Å². The Kier molecular flexibility index (Phi) is 2.92. The van der Waals surface area contributed by atoms with Gasteiger partial charge in [-0.2, -0.15) is 0 Å². The fourth-order valence-electron chi connectivity index (χ4n) is 1.70. The van der Waals surface area contributed by atoms with Crippen LogP contribution in [0, 0.1) is 0 Å². The Bertz CT molecular complexity index is 394. The molecule has 0 nitrogen and oxygen atoms in total. The quantitative estimate of drug-likeness (QED) is 0.663. The first-order chi connectivity index (χ1) is 7.18. The van der Waals surface area contributed by atoms with Crippen molar-refractivity contribution in [1.82, 2.24) is 0 Å². The maximum Gasteiger partial charge on any atom is 0.119 e. The molecule has 0 spiro atoms. The Labute approximate surface area is 94.1 Å². The van der Waals surface area contributed by atoms with Crippen molar-refractivity contribution >= 4 is 11.6 Å². The van der Waals surface area contributed by atoms with E-state index in [1.54, 1.807) is 6.08 Å². The minimum absolute atomic E-state index is 0.195. The van der Waals surface area contributed by atoms with Gasteiger partial charge in [0.15, 0.2) is 0 Å². The third-order valence-corrected chi connectivity index (χ3v) is 2.93. The maximum atomic E-state index is 12.8. The molecule has 0 fully saturated rings. The molecule has 0 saturated heterocycles. The molecule has 0 aromatic heterocycles. The smallest absolute Gasteiger partial charge is 0.119 e. The van der Waals surface area contributed by atoms with Crippen molar-refractivity contribution in [2.45, 2.75) is 17.7 Å². The van der Waals surface area contributed by atoms with E-state index >= 15 is 0 Å². The fraction of sp³-hybridized carbons (Fsp3) is 0.231. The van der Waals surface area contributed by atoms with Crippen molar-refractivity contribution < 1.29 is 4.39 Å². The summed E-state index contributed by atoms with van der Waals surface area (Å²) in [6.45, 7) is 0. The summed E-state index contributed by atoms with van der Waals surface area (Å²) in [7, 11) is 0. The van der Waals surface area contributed by atoms with E-state index < -0.39 is 4.87 Å². The Morgan fingerprint density at radius 3 is 2.60 bits per heavy atom. The van der Waals surface area contributed by atoms with E-state index in [9.17, 15) is 4.39 Å². The monoisotopic (exact) mass is 222 g/mol. The third kappa shape index (κ3) is 2.69. The molecular formula is C13H12ClF. The first kappa shape index (κ1) is 10.4. The van der Waals surface area contributed by atoms with E-state index in [4.69, 9.17) is 11.6 Å². The molecule has 0 aliphatic heterocycles. The highest BCUT2D eigenvalue weighted by Gasteiger charge is 2.25. The van der Waals surface area contributed by atoms with E-state index in [-0.39, 0.29) is 5.83 Å². The number of benzene rings is 1. The van der Waals surface area contributed by atoms with Gasteiger partial charge in [0.25, 0.3) is 0 Å². The number of hydrogen-bond donors (Lipinski definition) is 0. The van der Waals surface area contributed by atoms with Crippen LogP contribution in [0.4, 0.5) is 4.39 Å². The van der Waals surface area contributed by atoms with Gasteiger partial charge in [0, 0.05) is 0 Å². The molecule has 1 aromatic carbocycles. The van der Waals surface area contributed by atoms with Crippen molar-refractivity contribution in [3.63, 3.8) is 0 Å². The molecular weight excluding hydrogens is 211 g/mol. The zero-order chi connectivity index (χ0) is 10.7. The van der Waals surface area contributed by atoms with E-state index in [1.807, 2.05) is 30.3 Å². The summed E-state index contributed by atoms with van der Waals surface area (Å²) in [5.74, 6) is -0.195. The van der Waals surface area contributed by atoms with E-state index in [0.29, 0.717) is 6.42 Å². The molecule has 0 saturated carbocycles. The van der Waals surface area contributed by atoms with Crippen LogP contribution in [0.3, 0.4) is 0 Å². The number of halogens is 2. The van der Waals surface area contributed by atoms with Gasteiger partial charge in [-0.25, -0.2) is 4.39 Å². The summed E-state index contributed by atoms with van der Waals surface area (Å²) >= 11 is 6.38. The predicted molar refractivity (Wildman–Crippen MR) is 61.7 cm³/mol. The highest BCUT2D eigenvalue weighted by Crippen LogP contribution is 2.31. The summed E-state index contributed by atoms with van der Waals surface area (Å²) < 4.78 is 12.8. The molecule has 78 valence electrons. The van der Waals surface area contributed by atoms with Crippen molar-refractivity contribution in [1.29, 1.82) is 0 Å². The summed E-state index contributed by atoms with van der Waals surface area (Å²) in [5, 5.41) is 0. The lowest BCUT2D eigenvalue weighted by molar-refractivity contribution is 0.617. The van der Waals surface area contributed by atoms with Gasteiger partial charge in [0.2, 0.25) is 0 Å². The maximum absolute atomic E-state index is 12.8. The molecule has 1 aliphatic rings. The minimum Gasteiger partial charge on any atom is -0.207 e. The van der Waals surface area contributed by atoms with Gasteiger partial charge in [0.1, 0.15) is 5.83 Å². The summed E-state index contributed by atoms with van der Waals surface area (Å²) in [4.78, 5) is -0.461. The number of alkyl halides is 1. The standard InChI is InChI=1S/C13H12ClF/c14-13(8-6-12(15)7-9-13)10-11-4-2-1-3-5-11/h1-8H,9-10H2. The van der Waals surface area contributed by atoms with Crippen LogP contribution >= 0.6 is 11.6 Å². The molecule has 0 amide bonds. The molecule has 0 radical (unpaired) electrons. The molecule has 15 heavy (non-hydrogen) atoms. The Morgan fingerprint density at radius 2 is 2.00 bits per heavy atom.